The SMILES string of the molecule is Cc1cc2c(cc1C)[n+](C)cn2/N=C/c1ccccc1. The van der Waals surface area contributed by atoms with Gasteiger partial charge in [-0.05, 0) is 42.7 Å². The Bertz CT molecular complexity index is 783. The molecule has 0 aliphatic carbocycles. The highest BCUT2D eigenvalue weighted by Crippen LogP contribution is 2.17. The zero-order valence-corrected chi connectivity index (χ0v) is 12.0. The van der Waals surface area contributed by atoms with Gasteiger partial charge in [0.1, 0.15) is 0 Å². The van der Waals surface area contributed by atoms with Gasteiger partial charge in [0.05, 0.1) is 13.3 Å². The van der Waals surface area contributed by atoms with Gasteiger partial charge in [-0.15, -0.1) is 0 Å². The Morgan fingerprint density at radius 2 is 1.75 bits per heavy atom. The van der Waals surface area contributed by atoms with Gasteiger partial charge >= 0.3 is 0 Å². The van der Waals surface area contributed by atoms with E-state index in [1.54, 1.807) is 0 Å². The van der Waals surface area contributed by atoms with Gasteiger partial charge in [0, 0.05) is 0 Å². The van der Waals surface area contributed by atoms with Crippen LogP contribution in [0.1, 0.15) is 16.7 Å². The lowest BCUT2D eigenvalue weighted by Crippen LogP contribution is -2.25. The summed E-state index contributed by atoms with van der Waals surface area (Å²) in [7, 11) is 2.05. The fourth-order valence-corrected chi connectivity index (χ4v) is 2.30. The first-order valence-corrected chi connectivity index (χ1v) is 6.72. The van der Waals surface area contributed by atoms with E-state index in [1.807, 2.05) is 54.6 Å². The quantitative estimate of drug-likeness (QED) is 0.501. The van der Waals surface area contributed by atoms with Gasteiger partial charge in [-0.25, -0.2) is 4.57 Å². The third-order valence-corrected chi connectivity index (χ3v) is 3.63. The fourth-order valence-electron chi connectivity index (χ4n) is 2.30. The molecule has 0 aliphatic rings. The number of benzene rings is 2. The molecule has 3 aromatic rings. The van der Waals surface area contributed by atoms with E-state index in [4.69, 9.17) is 0 Å². The average Bonchev–Trinajstić information content (AvgIpc) is 2.75. The number of nitrogens with zero attached hydrogens (tertiary/aromatic N) is 3. The summed E-state index contributed by atoms with van der Waals surface area (Å²) in [5.41, 5.74) is 6.01. The minimum Gasteiger partial charge on any atom is -0.231 e. The van der Waals surface area contributed by atoms with Crippen LogP contribution >= 0.6 is 0 Å². The van der Waals surface area contributed by atoms with Gasteiger partial charge in [-0.3, -0.25) is 0 Å². The summed E-state index contributed by atoms with van der Waals surface area (Å²) in [4.78, 5) is 0. The first-order valence-electron chi connectivity index (χ1n) is 6.72. The molecule has 1 heterocycles. The van der Waals surface area contributed by atoms with Crippen LogP contribution in [0.15, 0.2) is 53.9 Å². The molecule has 2 aromatic carbocycles. The molecule has 0 aliphatic heterocycles. The standard InChI is InChI=1S/C17H18N3/c1-13-9-16-17(10-14(13)2)20(12-19(16)3)18-11-15-7-5-4-6-8-15/h4-12H,1-3H3/q+1/b18-11+. The lowest BCUT2D eigenvalue weighted by Gasteiger charge is -1.97. The molecule has 0 radical (unpaired) electrons. The fraction of sp³-hybridized carbons (Fsp3) is 0.176. The van der Waals surface area contributed by atoms with Crippen LogP contribution in [0, 0.1) is 13.8 Å². The number of hydrogen-bond donors (Lipinski definition) is 0. The maximum atomic E-state index is 4.57. The van der Waals surface area contributed by atoms with Crippen molar-refractivity contribution in [2.75, 3.05) is 0 Å². The van der Waals surface area contributed by atoms with E-state index in [0.29, 0.717) is 0 Å². The molecule has 3 nitrogen and oxygen atoms in total. The Morgan fingerprint density at radius 3 is 2.50 bits per heavy atom. The predicted molar refractivity (Wildman–Crippen MR) is 82.0 cm³/mol. The number of aromatic nitrogens is 2. The highest BCUT2D eigenvalue weighted by Gasteiger charge is 2.13. The topological polar surface area (TPSA) is 21.2 Å². The highest BCUT2D eigenvalue weighted by atomic mass is 15.4. The van der Waals surface area contributed by atoms with Crippen molar-refractivity contribution < 1.29 is 4.57 Å². The van der Waals surface area contributed by atoms with Crippen molar-refractivity contribution in [3.8, 4) is 0 Å². The lowest BCUT2D eigenvalue weighted by molar-refractivity contribution is -0.645. The van der Waals surface area contributed by atoms with Crippen LogP contribution in [-0.4, -0.2) is 10.9 Å². The molecule has 100 valence electrons. The minimum absolute atomic E-state index is 1.10. The molecule has 0 spiro atoms. The van der Waals surface area contributed by atoms with E-state index >= 15 is 0 Å². The molecule has 1 aromatic heterocycles. The van der Waals surface area contributed by atoms with Crippen LogP contribution in [0.25, 0.3) is 11.0 Å². The van der Waals surface area contributed by atoms with Crippen LogP contribution in [-0.2, 0) is 7.05 Å². The molecule has 20 heavy (non-hydrogen) atoms. The molecule has 0 unspecified atom stereocenters. The molecule has 0 bridgehead atoms. The van der Waals surface area contributed by atoms with Crippen molar-refractivity contribution in [1.29, 1.82) is 0 Å². The second-order valence-corrected chi connectivity index (χ2v) is 5.15. The van der Waals surface area contributed by atoms with Crippen molar-refractivity contribution >= 4 is 17.2 Å². The van der Waals surface area contributed by atoms with Crippen LogP contribution < -0.4 is 4.57 Å². The Hall–Kier alpha value is -2.42. The predicted octanol–water partition coefficient (Wildman–Crippen LogP) is 2.96. The summed E-state index contributed by atoms with van der Waals surface area (Å²) < 4.78 is 4.03. The number of fused-ring (bicyclic) bond motifs is 1. The average molecular weight is 264 g/mol. The van der Waals surface area contributed by atoms with Gasteiger partial charge in [0.25, 0.3) is 6.33 Å². The van der Waals surface area contributed by atoms with E-state index in [1.165, 1.54) is 16.6 Å². The smallest absolute Gasteiger partial charge is 0.231 e. The monoisotopic (exact) mass is 264 g/mol. The maximum absolute atomic E-state index is 4.57. The summed E-state index contributed by atoms with van der Waals surface area (Å²) in [5.74, 6) is 0. The minimum atomic E-state index is 1.10. The van der Waals surface area contributed by atoms with Crippen LogP contribution in [0.2, 0.25) is 0 Å². The Morgan fingerprint density at radius 1 is 1.05 bits per heavy atom. The van der Waals surface area contributed by atoms with Gasteiger partial charge < -0.3 is 0 Å². The molecule has 0 atom stereocenters. The Kier molecular flexibility index (Phi) is 3.11. The van der Waals surface area contributed by atoms with Gasteiger partial charge in [-0.2, -0.15) is 0 Å². The summed E-state index contributed by atoms with van der Waals surface area (Å²) in [6, 6.07) is 14.5. The molecular formula is C17H18N3+. The highest BCUT2D eigenvalue weighted by molar-refractivity contribution is 5.80. The third kappa shape index (κ3) is 2.23. The lowest BCUT2D eigenvalue weighted by atomic mass is 10.1. The summed E-state index contributed by atoms with van der Waals surface area (Å²) in [5, 5.41) is 4.57. The zero-order chi connectivity index (χ0) is 14.1. The molecule has 3 rings (SSSR count). The molecule has 0 fully saturated rings. The van der Waals surface area contributed by atoms with Gasteiger partial charge in [0.15, 0.2) is 5.52 Å². The van der Waals surface area contributed by atoms with E-state index in [2.05, 4.69) is 35.6 Å². The Balaban J connectivity index is 2.08. The molecule has 0 amide bonds. The summed E-state index contributed by atoms with van der Waals surface area (Å²) in [6.45, 7) is 4.27. The third-order valence-electron chi connectivity index (χ3n) is 3.63. The number of hydrogen-bond acceptors (Lipinski definition) is 1. The van der Waals surface area contributed by atoms with Crippen molar-refractivity contribution in [3.63, 3.8) is 0 Å². The normalized spacial score (nSPS) is 11.6. The molecule has 0 saturated heterocycles. The van der Waals surface area contributed by atoms with Gasteiger partial charge in [0.2, 0.25) is 5.52 Å². The van der Waals surface area contributed by atoms with Crippen LogP contribution in [0.3, 0.4) is 0 Å². The van der Waals surface area contributed by atoms with Crippen molar-refractivity contribution in [2.24, 2.45) is 12.1 Å². The van der Waals surface area contributed by atoms with Gasteiger partial charge in [-0.1, -0.05) is 40.1 Å². The zero-order valence-electron chi connectivity index (χ0n) is 12.0. The molecular weight excluding hydrogens is 246 g/mol. The van der Waals surface area contributed by atoms with E-state index in [0.717, 1.165) is 11.1 Å². The second kappa shape index (κ2) is 4.93. The number of rotatable bonds is 2. The largest absolute Gasteiger partial charge is 0.270 e. The van der Waals surface area contributed by atoms with Crippen LogP contribution in [0.4, 0.5) is 0 Å². The van der Waals surface area contributed by atoms with Crippen molar-refractivity contribution in [3.05, 3.63) is 65.5 Å². The van der Waals surface area contributed by atoms with Crippen molar-refractivity contribution in [2.45, 2.75) is 13.8 Å². The van der Waals surface area contributed by atoms with E-state index in [-0.39, 0.29) is 0 Å². The first-order chi connectivity index (χ1) is 9.65. The molecule has 3 heteroatoms. The van der Waals surface area contributed by atoms with E-state index < -0.39 is 0 Å². The summed E-state index contributed by atoms with van der Waals surface area (Å²) in [6.07, 6.45) is 3.89. The number of aryl methyl sites for hydroxylation is 3. The second-order valence-electron chi connectivity index (χ2n) is 5.15. The van der Waals surface area contributed by atoms with E-state index in [9.17, 15) is 0 Å². The first kappa shape index (κ1) is 12.6. The molecule has 0 N–H and O–H groups in total. The summed E-state index contributed by atoms with van der Waals surface area (Å²) >= 11 is 0. The van der Waals surface area contributed by atoms with Crippen LogP contribution in [0.5, 0.6) is 0 Å². The number of imidazole rings is 1. The maximum Gasteiger partial charge on any atom is 0.270 e. The molecule has 0 saturated carbocycles. The van der Waals surface area contributed by atoms with Crippen molar-refractivity contribution in [1.82, 2.24) is 4.68 Å². The Labute approximate surface area is 118 Å².